The van der Waals surface area contributed by atoms with E-state index in [2.05, 4.69) is 25.7 Å². The lowest BCUT2D eigenvalue weighted by molar-refractivity contribution is -0.126. The van der Waals surface area contributed by atoms with Crippen LogP contribution in [-0.2, 0) is 9.59 Å². The smallest absolute Gasteiger partial charge is 0.227 e. The highest BCUT2D eigenvalue weighted by atomic mass is 16.2. The SMILES string of the molecule is Cc1cc(C)n(-c2cc(NCCNC(=O)[C@H]3CC(=O)N(c4ccccc4)C3)ncn2)n1. The minimum atomic E-state index is -0.343. The summed E-state index contributed by atoms with van der Waals surface area (Å²) in [6, 6.07) is 13.2. The molecule has 9 nitrogen and oxygen atoms in total. The number of aryl methyl sites for hydroxylation is 2. The number of para-hydroxylation sites is 1. The highest BCUT2D eigenvalue weighted by Crippen LogP contribution is 2.24. The summed E-state index contributed by atoms with van der Waals surface area (Å²) in [6.07, 6.45) is 1.71. The quantitative estimate of drug-likeness (QED) is 0.567. The van der Waals surface area contributed by atoms with Gasteiger partial charge in [0.25, 0.3) is 0 Å². The van der Waals surface area contributed by atoms with Crippen LogP contribution >= 0.6 is 0 Å². The van der Waals surface area contributed by atoms with E-state index in [1.165, 1.54) is 6.33 Å². The van der Waals surface area contributed by atoms with Crippen molar-refractivity contribution < 1.29 is 9.59 Å². The van der Waals surface area contributed by atoms with Crippen molar-refractivity contribution in [3.63, 3.8) is 0 Å². The van der Waals surface area contributed by atoms with Gasteiger partial charge in [0, 0.05) is 43.5 Å². The second kappa shape index (κ2) is 8.95. The van der Waals surface area contributed by atoms with E-state index < -0.39 is 0 Å². The van der Waals surface area contributed by atoms with Gasteiger partial charge >= 0.3 is 0 Å². The first-order valence-corrected chi connectivity index (χ1v) is 10.2. The van der Waals surface area contributed by atoms with Gasteiger partial charge in [-0.3, -0.25) is 9.59 Å². The molecule has 1 aromatic carbocycles. The second-order valence-corrected chi connectivity index (χ2v) is 7.56. The number of carbonyl (C=O) groups excluding carboxylic acids is 2. The van der Waals surface area contributed by atoms with Crippen LogP contribution in [-0.4, -0.2) is 51.2 Å². The monoisotopic (exact) mass is 419 g/mol. The van der Waals surface area contributed by atoms with Crippen molar-refractivity contribution in [3.05, 3.63) is 60.2 Å². The number of benzene rings is 1. The lowest BCUT2D eigenvalue weighted by Crippen LogP contribution is -2.35. The van der Waals surface area contributed by atoms with Crippen molar-refractivity contribution in [1.29, 1.82) is 0 Å². The standard InChI is InChI=1S/C22H25N7O2/c1-15-10-16(2)29(27-15)20-12-19(25-14-26-20)23-8-9-24-22(31)17-11-21(30)28(13-17)18-6-4-3-5-7-18/h3-7,10,12,14,17H,8-9,11,13H2,1-2H3,(H,24,31)(H,23,25,26)/t17-/m0/s1. The van der Waals surface area contributed by atoms with Crippen LogP contribution < -0.4 is 15.5 Å². The van der Waals surface area contributed by atoms with Crippen LogP contribution in [0.25, 0.3) is 5.82 Å². The zero-order chi connectivity index (χ0) is 21.8. The molecule has 1 aliphatic heterocycles. The Labute approximate surface area is 180 Å². The van der Waals surface area contributed by atoms with E-state index in [4.69, 9.17) is 0 Å². The molecule has 0 unspecified atom stereocenters. The number of anilines is 2. The molecular formula is C22H25N7O2. The molecule has 1 saturated heterocycles. The van der Waals surface area contributed by atoms with Crippen molar-refractivity contribution in [2.45, 2.75) is 20.3 Å². The zero-order valence-corrected chi connectivity index (χ0v) is 17.6. The van der Waals surface area contributed by atoms with E-state index in [9.17, 15) is 9.59 Å². The van der Waals surface area contributed by atoms with E-state index in [1.54, 1.807) is 9.58 Å². The average molecular weight is 419 g/mol. The molecule has 0 spiro atoms. The van der Waals surface area contributed by atoms with Gasteiger partial charge < -0.3 is 15.5 Å². The topological polar surface area (TPSA) is 105 Å². The maximum absolute atomic E-state index is 12.5. The normalized spacial score (nSPS) is 15.9. The first-order chi connectivity index (χ1) is 15.0. The summed E-state index contributed by atoms with van der Waals surface area (Å²) in [4.78, 5) is 35.0. The summed E-state index contributed by atoms with van der Waals surface area (Å²) < 4.78 is 1.76. The maximum atomic E-state index is 12.5. The van der Waals surface area contributed by atoms with Crippen LogP contribution in [0, 0.1) is 19.8 Å². The van der Waals surface area contributed by atoms with Crippen LogP contribution in [0.3, 0.4) is 0 Å². The van der Waals surface area contributed by atoms with Gasteiger partial charge in [-0.1, -0.05) is 18.2 Å². The summed E-state index contributed by atoms with van der Waals surface area (Å²) in [5.74, 6) is 0.849. The number of rotatable bonds is 7. The summed E-state index contributed by atoms with van der Waals surface area (Å²) in [7, 11) is 0. The van der Waals surface area contributed by atoms with Crippen molar-refractivity contribution in [2.75, 3.05) is 29.9 Å². The third-order valence-electron chi connectivity index (χ3n) is 5.17. The molecule has 31 heavy (non-hydrogen) atoms. The Morgan fingerprint density at radius 1 is 1.13 bits per heavy atom. The third-order valence-corrected chi connectivity index (χ3v) is 5.17. The highest BCUT2D eigenvalue weighted by Gasteiger charge is 2.34. The first kappa shape index (κ1) is 20.5. The molecule has 1 aliphatic rings. The van der Waals surface area contributed by atoms with Gasteiger partial charge in [0.1, 0.15) is 12.1 Å². The fraction of sp³-hybridized carbons (Fsp3) is 0.318. The van der Waals surface area contributed by atoms with Crippen LogP contribution in [0.15, 0.2) is 48.8 Å². The van der Waals surface area contributed by atoms with Crippen molar-refractivity contribution in [3.8, 4) is 5.82 Å². The maximum Gasteiger partial charge on any atom is 0.227 e. The van der Waals surface area contributed by atoms with Gasteiger partial charge in [0.15, 0.2) is 5.82 Å². The van der Waals surface area contributed by atoms with Crippen LogP contribution in [0.1, 0.15) is 17.8 Å². The third kappa shape index (κ3) is 4.71. The Morgan fingerprint density at radius 2 is 1.94 bits per heavy atom. The molecule has 2 N–H and O–H groups in total. The van der Waals surface area contributed by atoms with Gasteiger partial charge in [-0.2, -0.15) is 5.10 Å². The largest absolute Gasteiger partial charge is 0.368 e. The minimum Gasteiger partial charge on any atom is -0.368 e. The van der Waals surface area contributed by atoms with Crippen molar-refractivity contribution >= 4 is 23.3 Å². The molecule has 1 fully saturated rings. The van der Waals surface area contributed by atoms with Crippen molar-refractivity contribution in [2.24, 2.45) is 5.92 Å². The van der Waals surface area contributed by atoms with Gasteiger partial charge in [0.05, 0.1) is 11.6 Å². The Morgan fingerprint density at radius 3 is 2.68 bits per heavy atom. The highest BCUT2D eigenvalue weighted by molar-refractivity contribution is 6.00. The van der Waals surface area contributed by atoms with E-state index in [0.717, 1.165) is 17.1 Å². The summed E-state index contributed by atoms with van der Waals surface area (Å²) >= 11 is 0. The first-order valence-electron chi connectivity index (χ1n) is 10.2. The Hall–Kier alpha value is -3.75. The molecule has 0 saturated carbocycles. The van der Waals surface area contributed by atoms with Crippen LogP contribution in [0.5, 0.6) is 0 Å². The van der Waals surface area contributed by atoms with E-state index in [0.29, 0.717) is 31.3 Å². The number of nitrogens with zero attached hydrogens (tertiary/aromatic N) is 5. The molecule has 0 radical (unpaired) electrons. The van der Waals surface area contributed by atoms with Gasteiger partial charge in [-0.15, -0.1) is 0 Å². The molecule has 160 valence electrons. The summed E-state index contributed by atoms with van der Waals surface area (Å²) in [5.41, 5.74) is 2.74. The number of amides is 2. The summed E-state index contributed by atoms with van der Waals surface area (Å²) in [5, 5.41) is 10.5. The molecule has 2 amide bonds. The number of hydrogen-bond donors (Lipinski definition) is 2. The van der Waals surface area contributed by atoms with Crippen molar-refractivity contribution in [1.82, 2.24) is 25.1 Å². The lowest BCUT2D eigenvalue weighted by Gasteiger charge is -2.16. The minimum absolute atomic E-state index is 0.0258. The predicted molar refractivity (Wildman–Crippen MR) is 117 cm³/mol. The van der Waals surface area contributed by atoms with Gasteiger partial charge in [0.2, 0.25) is 11.8 Å². The lowest BCUT2D eigenvalue weighted by atomic mass is 10.1. The zero-order valence-electron chi connectivity index (χ0n) is 17.6. The predicted octanol–water partition coefficient (Wildman–Crippen LogP) is 1.86. The molecule has 2 aromatic heterocycles. The molecule has 0 aliphatic carbocycles. The molecule has 4 rings (SSSR count). The molecule has 1 atom stereocenters. The van der Waals surface area contributed by atoms with Crippen LogP contribution in [0.4, 0.5) is 11.5 Å². The van der Waals surface area contributed by atoms with E-state index in [-0.39, 0.29) is 24.2 Å². The fourth-order valence-electron chi connectivity index (χ4n) is 3.68. The molecule has 9 heteroatoms. The number of aromatic nitrogens is 4. The van der Waals surface area contributed by atoms with Gasteiger partial charge in [-0.25, -0.2) is 14.6 Å². The summed E-state index contributed by atoms with van der Waals surface area (Å²) in [6.45, 7) is 5.23. The number of carbonyl (C=O) groups is 2. The van der Waals surface area contributed by atoms with Crippen LogP contribution in [0.2, 0.25) is 0 Å². The number of nitrogens with one attached hydrogen (secondary N) is 2. The Bertz CT molecular complexity index is 1080. The Balaban J connectivity index is 1.27. The Kier molecular flexibility index (Phi) is 5.92. The van der Waals surface area contributed by atoms with E-state index in [1.807, 2.05) is 56.3 Å². The molecular weight excluding hydrogens is 394 g/mol. The molecule has 0 bridgehead atoms. The van der Waals surface area contributed by atoms with Gasteiger partial charge in [-0.05, 0) is 32.0 Å². The fourth-order valence-corrected chi connectivity index (χ4v) is 3.68. The number of hydrogen-bond acceptors (Lipinski definition) is 6. The average Bonchev–Trinajstić information content (AvgIpc) is 3.33. The molecule has 3 aromatic rings. The molecule has 3 heterocycles. The second-order valence-electron chi connectivity index (χ2n) is 7.56. The van der Waals surface area contributed by atoms with E-state index >= 15 is 0 Å².